The Morgan fingerprint density at radius 1 is 1.14 bits per heavy atom. The SMILES string of the molecule is NC1CCC(C(=O)N2CCN(c3ccccc3Cl)CC2)C1. The van der Waals surface area contributed by atoms with Crippen molar-refractivity contribution < 1.29 is 4.79 Å². The first-order chi connectivity index (χ1) is 10.1. The number of hydrogen-bond donors (Lipinski definition) is 1. The molecule has 1 saturated heterocycles. The van der Waals surface area contributed by atoms with E-state index in [4.69, 9.17) is 17.3 Å². The first kappa shape index (κ1) is 14.7. The van der Waals surface area contributed by atoms with Crippen molar-refractivity contribution in [1.82, 2.24) is 4.90 Å². The molecule has 1 aromatic rings. The summed E-state index contributed by atoms with van der Waals surface area (Å²) in [4.78, 5) is 16.7. The first-order valence-corrected chi connectivity index (χ1v) is 8.07. The third-order valence-electron chi connectivity index (χ3n) is 4.61. The highest BCUT2D eigenvalue weighted by Gasteiger charge is 2.32. The van der Waals surface area contributed by atoms with Gasteiger partial charge in [0.05, 0.1) is 10.7 Å². The number of para-hydroxylation sites is 1. The monoisotopic (exact) mass is 307 g/mol. The number of nitrogens with zero attached hydrogens (tertiary/aromatic N) is 2. The van der Waals surface area contributed by atoms with Crippen molar-refractivity contribution in [3.63, 3.8) is 0 Å². The highest BCUT2D eigenvalue weighted by atomic mass is 35.5. The molecular weight excluding hydrogens is 286 g/mol. The van der Waals surface area contributed by atoms with Crippen LogP contribution in [0.2, 0.25) is 5.02 Å². The zero-order valence-electron chi connectivity index (χ0n) is 12.2. The molecule has 1 amide bonds. The van der Waals surface area contributed by atoms with Gasteiger partial charge >= 0.3 is 0 Å². The van der Waals surface area contributed by atoms with Crippen LogP contribution < -0.4 is 10.6 Å². The number of nitrogens with two attached hydrogens (primary N) is 1. The van der Waals surface area contributed by atoms with Gasteiger partial charge in [0.1, 0.15) is 0 Å². The van der Waals surface area contributed by atoms with Crippen molar-refractivity contribution in [2.24, 2.45) is 11.7 Å². The van der Waals surface area contributed by atoms with E-state index in [1.165, 1.54) is 0 Å². The number of halogens is 1. The Morgan fingerprint density at radius 2 is 1.86 bits per heavy atom. The van der Waals surface area contributed by atoms with Crippen molar-refractivity contribution in [2.75, 3.05) is 31.1 Å². The van der Waals surface area contributed by atoms with Crippen LogP contribution in [-0.4, -0.2) is 43.0 Å². The molecule has 2 N–H and O–H groups in total. The molecule has 2 aliphatic rings. The second-order valence-corrected chi connectivity index (χ2v) is 6.44. The Balaban J connectivity index is 1.58. The molecule has 0 aromatic heterocycles. The number of carbonyl (C=O) groups is 1. The van der Waals surface area contributed by atoms with E-state index in [0.29, 0.717) is 5.91 Å². The van der Waals surface area contributed by atoms with E-state index in [2.05, 4.69) is 4.90 Å². The van der Waals surface area contributed by atoms with Gasteiger partial charge in [0.15, 0.2) is 0 Å². The lowest BCUT2D eigenvalue weighted by atomic mass is 10.1. The molecule has 21 heavy (non-hydrogen) atoms. The quantitative estimate of drug-likeness (QED) is 0.910. The van der Waals surface area contributed by atoms with Crippen molar-refractivity contribution in [3.05, 3.63) is 29.3 Å². The normalized spacial score (nSPS) is 26.2. The molecule has 3 rings (SSSR count). The fourth-order valence-corrected chi connectivity index (χ4v) is 3.63. The predicted molar refractivity (Wildman–Crippen MR) is 85.6 cm³/mol. The smallest absolute Gasteiger partial charge is 0.225 e. The Morgan fingerprint density at radius 3 is 2.48 bits per heavy atom. The molecule has 2 unspecified atom stereocenters. The Kier molecular flexibility index (Phi) is 4.36. The molecule has 0 radical (unpaired) electrons. The maximum atomic E-state index is 12.5. The fourth-order valence-electron chi connectivity index (χ4n) is 3.37. The maximum absolute atomic E-state index is 12.5. The minimum absolute atomic E-state index is 0.145. The summed E-state index contributed by atoms with van der Waals surface area (Å²) in [6, 6.07) is 8.10. The van der Waals surface area contributed by atoms with E-state index in [1.807, 2.05) is 29.2 Å². The van der Waals surface area contributed by atoms with Gasteiger partial charge in [-0.1, -0.05) is 23.7 Å². The van der Waals surface area contributed by atoms with Crippen LogP contribution in [0.25, 0.3) is 0 Å². The molecular formula is C16H22ClN3O. The van der Waals surface area contributed by atoms with Crippen LogP contribution in [0.5, 0.6) is 0 Å². The van der Waals surface area contributed by atoms with E-state index < -0.39 is 0 Å². The molecule has 114 valence electrons. The third-order valence-corrected chi connectivity index (χ3v) is 4.93. The molecule has 1 aliphatic heterocycles. The lowest BCUT2D eigenvalue weighted by Gasteiger charge is -2.37. The number of amides is 1. The minimum atomic E-state index is 0.145. The van der Waals surface area contributed by atoms with Gasteiger partial charge in [0.25, 0.3) is 0 Å². The van der Waals surface area contributed by atoms with Crippen molar-refractivity contribution in [1.29, 1.82) is 0 Å². The minimum Gasteiger partial charge on any atom is -0.367 e. The maximum Gasteiger partial charge on any atom is 0.225 e. The number of carbonyl (C=O) groups excluding carboxylic acids is 1. The summed E-state index contributed by atoms with van der Waals surface area (Å²) in [7, 11) is 0. The molecule has 0 bridgehead atoms. The zero-order chi connectivity index (χ0) is 14.8. The standard InChI is InChI=1S/C16H22ClN3O/c17-14-3-1-2-4-15(14)19-7-9-20(10-8-19)16(21)12-5-6-13(18)11-12/h1-4,12-13H,5-11,18H2. The molecule has 1 heterocycles. The number of rotatable bonds is 2. The molecule has 2 fully saturated rings. The van der Waals surface area contributed by atoms with Gasteiger partial charge in [0, 0.05) is 38.1 Å². The van der Waals surface area contributed by atoms with Crippen molar-refractivity contribution >= 4 is 23.2 Å². The average Bonchev–Trinajstić information content (AvgIpc) is 2.94. The summed E-state index contributed by atoms with van der Waals surface area (Å²) >= 11 is 6.24. The lowest BCUT2D eigenvalue weighted by Crippen LogP contribution is -2.50. The zero-order valence-corrected chi connectivity index (χ0v) is 12.9. The average molecular weight is 308 g/mol. The second-order valence-electron chi connectivity index (χ2n) is 6.03. The molecule has 5 heteroatoms. The van der Waals surface area contributed by atoms with Crippen LogP contribution in [0.3, 0.4) is 0 Å². The molecule has 4 nitrogen and oxygen atoms in total. The highest BCUT2D eigenvalue weighted by molar-refractivity contribution is 6.33. The Hall–Kier alpha value is -1.26. The summed E-state index contributed by atoms with van der Waals surface area (Å²) < 4.78 is 0. The van der Waals surface area contributed by atoms with Crippen LogP contribution in [0.1, 0.15) is 19.3 Å². The van der Waals surface area contributed by atoms with Crippen LogP contribution >= 0.6 is 11.6 Å². The van der Waals surface area contributed by atoms with E-state index in [-0.39, 0.29) is 12.0 Å². The number of hydrogen-bond acceptors (Lipinski definition) is 3. The van der Waals surface area contributed by atoms with Gasteiger partial charge < -0.3 is 15.5 Å². The fraction of sp³-hybridized carbons (Fsp3) is 0.562. The topological polar surface area (TPSA) is 49.6 Å². The van der Waals surface area contributed by atoms with Crippen LogP contribution in [-0.2, 0) is 4.79 Å². The highest BCUT2D eigenvalue weighted by Crippen LogP contribution is 2.28. The van der Waals surface area contributed by atoms with Gasteiger partial charge in [-0.3, -0.25) is 4.79 Å². The largest absolute Gasteiger partial charge is 0.367 e. The van der Waals surface area contributed by atoms with Crippen LogP contribution in [0.4, 0.5) is 5.69 Å². The van der Waals surface area contributed by atoms with E-state index in [0.717, 1.165) is 56.2 Å². The Bertz CT molecular complexity index is 514. The Labute approximate surface area is 130 Å². The van der Waals surface area contributed by atoms with E-state index >= 15 is 0 Å². The van der Waals surface area contributed by atoms with Crippen LogP contribution in [0.15, 0.2) is 24.3 Å². The van der Waals surface area contributed by atoms with Crippen molar-refractivity contribution in [3.8, 4) is 0 Å². The number of anilines is 1. The lowest BCUT2D eigenvalue weighted by molar-refractivity contribution is -0.135. The molecule has 2 atom stereocenters. The first-order valence-electron chi connectivity index (χ1n) is 7.69. The summed E-state index contributed by atoms with van der Waals surface area (Å²) in [5, 5.41) is 0.777. The van der Waals surface area contributed by atoms with Gasteiger partial charge in [0.2, 0.25) is 5.91 Å². The molecule has 1 saturated carbocycles. The summed E-state index contributed by atoms with van der Waals surface area (Å²) in [6.07, 6.45) is 2.78. The molecule has 1 aliphatic carbocycles. The number of benzene rings is 1. The summed E-state index contributed by atoms with van der Waals surface area (Å²) in [5.41, 5.74) is 6.98. The second kappa shape index (κ2) is 6.24. The van der Waals surface area contributed by atoms with Crippen molar-refractivity contribution in [2.45, 2.75) is 25.3 Å². The molecule has 1 aromatic carbocycles. The van der Waals surface area contributed by atoms with E-state index in [1.54, 1.807) is 0 Å². The number of piperazine rings is 1. The third kappa shape index (κ3) is 3.16. The summed E-state index contributed by atoms with van der Waals surface area (Å²) in [5.74, 6) is 0.439. The van der Waals surface area contributed by atoms with E-state index in [9.17, 15) is 4.79 Å². The van der Waals surface area contributed by atoms with Gasteiger partial charge in [-0.2, -0.15) is 0 Å². The van der Waals surface area contributed by atoms with Crippen LogP contribution in [0, 0.1) is 5.92 Å². The van der Waals surface area contributed by atoms with Gasteiger partial charge in [-0.25, -0.2) is 0 Å². The summed E-state index contributed by atoms with van der Waals surface area (Å²) in [6.45, 7) is 3.23. The van der Waals surface area contributed by atoms with Gasteiger partial charge in [-0.15, -0.1) is 0 Å². The molecule has 0 spiro atoms. The van der Waals surface area contributed by atoms with Gasteiger partial charge in [-0.05, 0) is 31.4 Å². The predicted octanol–water partition coefficient (Wildman–Crippen LogP) is 2.12.